The zero-order chi connectivity index (χ0) is 11.7. The van der Waals surface area contributed by atoms with Gasteiger partial charge in [-0.2, -0.15) is 0 Å². The molecule has 0 amide bonds. The lowest BCUT2D eigenvalue weighted by atomic mass is 9.71. The van der Waals surface area contributed by atoms with Crippen molar-refractivity contribution in [1.29, 1.82) is 0 Å². The highest BCUT2D eigenvalue weighted by atomic mass is 16.5. The molecule has 3 nitrogen and oxygen atoms in total. The maximum atomic E-state index is 12.0. The van der Waals surface area contributed by atoms with Crippen LogP contribution in [0.25, 0.3) is 0 Å². The second-order valence-electron chi connectivity index (χ2n) is 4.74. The standard InChI is InChI=1S/C12H22O3/c1-5-12(10(13)15-6-2)8-7-9(3)11(12,4)14/h9,14H,5-8H2,1-4H3/t9-,11+,12+/m0/s1. The number of esters is 1. The monoisotopic (exact) mass is 214 g/mol. The van der Waals surface area contributed by atoms with E-state index >= 15 is 0 Å². The lowest BCUT2D eigenvalue weighted by Gasteiger charge is -2.39. The normalized spacial score (nSPS) is 40.5. The Morgan fingerprint density at radius 2 is 2.13 bits per heavy atom. The fraction of sp³-hybridized carbons (Fsp3) is 0.917. The molecule has 0 bridgehead atoms. The Labute approximate surface area is 91.8 Å². The zero-order valence-corrected chi connectivity index (χ0v) is 10.2. The quantitative estimate of drug-likeness (QED) is 0.732. The third kappa shape index (κ3) is 1.67. The predicted octanol–water partition coefficient (Wildman–Crippen LogP) is 2.13. The van der Waals surface area contributed by atoms with Crippen molar-refractivity contribution >= 4 is 5.97 Å². The summed E-state index contributed by atoms with van der Waals surface area (Å²) in [5, 5.41) is 10.5. The van der Waals surface area contributed by atoms with E-state index in [2.05, 4.69) is 0 Å². The van der Waals surface area contributed by atoms with Gasteiger partial charge in [0.1, 0.15) is 0 Å². The Morgan fingerprint density at radius 1 is 1.53 bits per heavy atom. The second kappa shape index (κ2) is 4.12. The molecule has 1 aliphatic carbocycles. The number of hydrogen-bond donors (Lipinski definition) is 1. The molecule has 88 valence electrons. The van der Waals surface area contributed by atoms with Gasteiger partial charge in [0.2, 0.25) is 0 Å². The van der Waals surface area contributed by atoms with E-state index in [-0.39, 0.29) is 11.9 Å². The summed E-state index contributed by atoms with van der Waals surface area (Å²) in [6, 6.07) is 0. The highest BCUT2D eigenvalue weighted by molar-refractivity contribution is 5.79. The summed E-state index contributed by atoms with van der Waals surface area (Å²) in [4.78, 5) is 12.0. The van der Waals surface area contributed by atoms with Gasteiger partial charge in [0.25, 0.3) is 0 Å². The molecule has 0 heterocycles. The maximum Gasteiger partial charge on any atom is 0.314 e. The minimum atomic E-state index is -0.937. The van der Waals surface area contributed by atoms with Crippen molar-refractivity contribution in [2.45, 2.75) is 52.6 Å². The summed E-state index contributed by atoms with van der Waals surface area (Å²) in [6.45, 7) is 7.89. The van der Waals surface area contributed by atoms with Gasteiger partial charge in [-0.05, 0) is 39.0 Å². The number of aliphatic hydroxyl groups is 1. The molecule has 0 unspecified atom stereocenters. The lowest BCUT2D eigenvalue weighted by Crippen LogP contribution is -2.50. The molecule has 0 radical (unpaired) electrons. The van der Waals surface area contributed by atoms with Crippen LogP contribution in [0.1, 0.15) is 47.0 Å². The van der Waals surface area contributed by atoms with Crippen LogP contribution in [0.4, 0.5) is 0 Å². The molecule has 1 N–H and O–H groups in total. The molecule has 0 saturated heterocycles. The molecule has 1 rings (SSSR count). The number of carbonyl (C=O) groups is 1. The Morgan fingerprint density at radius 3 is 2.47 bits per heavy atom. The van der Waals surface area contributed by atoms with Gasteiger partial charge in [-0.1, -0.05) is 13.8 Å². The highest BCUT2D eigenvalue weighted by Gasteiger charge is 2.59. The highest BCUT2D eigenvalue weighted by Crippen LogP contribution is 2.52. The zero-order valence-electron chi connectivity index (χ0n) is 10.2. The molecule has 1 saturated carbocycles. The predicted molar refractivity (Wildman–Crippen MR) is 58.4 cm³/mol. The minimum absolute atomic E-state index is 0.154. The molecule has 1 aliphatic rings. The summed E-state index contributed by atoms with van der Waals surface area (Å²) in [7, 11) is 0. The molecule has 3 atom stereocenters. The van der Waals surface area contributed by atoms with Gasteiger partial charge in [0.15, 0.2) is 0 Å². The van der Waals surface area contributed by atoms with E-state index < -0.39 is 11.0 Å². The number of hydrogen-bond acceptors (Lipinski definition) is 3. The SMILES string of the molecule is CCOC(=O)[C@@]1(CC)CC[C@H](C)[C@@]1(C)O. The van der Waals surface area contributed by atoms with Gasteiger partial charge in [-0.25, -0.2) is 0 Å². The summed E-state index contributed by atoms with van der Waals surface area (Å²) in [5.41, 5.74) is -1.63. The fourth-order valence-electron chi connectivity index (χ4n) is 2.73. The summed E-state index contributed by atoms with van der Waals surface area (Å²) < 4.78 is 5.11. The lowest BCUT2D eigenvalue weighted by molar-refractivity contribution is -0.173. The first-order valence-electron chi connectivity index (χ1n) is 5.82. The fourth-order valence-corrected chi connectivity index (χ4v) is 2.73. The molecule has 0 spiro atoms. The number of rotatable bonds is 3. The largest absolute Gasteiger partial charge is 0.465 e. The Balaban J connectivity index is 3.00. The third-order valence-electron chi connectivity index (χ3n) is 4.20. The van der Waals surface area contributed by atoms with E-state index in [1.165, 1.54) is 0 Å². The van der Waals surface area contributed by atoms with Crippen molar-refractivity contribution in [2.24, 2.45) is 11.3 Å². The van der Waals surface area contributed by atoms with Crippen molar-refractivity contribution in [3.05, 3.63) is 0 Å². The van der Waals surface area contributed by atoms with E-state index in [4.69, 9.17) is 4.74 Å². The molecular formula is C12H22O3. The second-order valence-corrected chi connectivity index (χ2v) is 4.74. The molecule has 15 heavy (non-hydrogen) atoms. The Kier molecular flexibility index (Phi) is 3.44. The van der Waals surface area contributed by atoms with E-state index in [1.54, 1.807) is 13.8 Å². The first-order valence-corrected chi connectivity index (χ1v) is 5.82. The smallest absolute Gasteiger partial charge is 0.314 e. The minimum Gasteiger partial charge on any atom is -0.465 e. The van der Waals surface area contributed by atoms with Gasteiger partial charge in [0.05, 0.1) is 17.6 Å². The number of ether oxygens (including phenoxy) is 1. The van der Waals surface area contributed by atoms with Crippen LogP contribution in [-0.4, -0.2) is 23.3 Å². The van der Waals surface area contributed by atoms with Gasteiger partial charge >= 0.3 is 5.97 Å². The average Bonchev–Trinajstić information content (AvgIpc) is 2.40. The van der Waals surface area contributed by atoms with Crippen LogP contribution in [-0.2, 0) is 9.53 Å². The third-order valence-corrected chi connectivity index (χ3v) is 4.20. The number of carbonyl (C=O) groups excluding carboxylic acids is 1. The van der Waals surface area contributed by atoms with Crippen molar-refractivity contribution < 1.29 is 14.6 Å². The molecule has 1 fully saturated rings. The molecular weight excluding hydrogens is 192 g/mol. The Hall–Kier alpha value is -0.570. The van der Waals surface area contributed by atoms with E-state index in [1.807, 2.05) is 13.8 Å². The van der Waals surface area contributed by atoms with Gasteiger partial charge < -0.3 is 9.84 Å². The maximum absolute atomic E-state index is 12.0. The van der Waals surface area contributed by atoms with E-state index in [0.29, 0.717) is 13.0 Å². The van der Waals surface area contributed by atoms with Crippen molar-refractivity contribution in [3.63, 3.8) is 0 Å². The van der Waals surface area contributed by atoms with E-state index in [9.17, 15) is 9.90 Å². The van der Waals surface area contributed by atoms with Crippen LogP contribution in [0.15, 0.2) is 0 Å². The van der Waals surface area contributed by atoms with Crippen LogP contribution in [0, 0.1) is 11.3 Å². The van der Waals surface area contributed by atoms with Crippen LogP contribution in [0.3, 0.4) is 0 Å². The van der Waals surface area contributed by atoms with E-state index in [0.717, 1.165) is 12.8 Å². The molecule has 3 heteroatoms. The molecule has 0 aromatic rings. The first kappa shape index (κ1) is 12.5. The van der Waals surface area contributed by atoms with Crippen molar-refractivity contribution in [2.75, 3.05) is 6.61 Å². The van der Waals surface area contributed by atoms with Crippen LogP contribution in [0.5, 0.6) is 0 Å². The van der Waals surface area contributed by atoms with Gasteiger partial charge in [-0.15, -0.1) is 0 Å². The first-order chi connectivity index (χ1) is 6.92. The summed E-state index contributed by atoms with van der Waals surface area (Å²) in [5.74, 6) is -0.0799. The molecule has 0 aromatic carbocycles. The van der Waals surface area contributed by atoms with Crippen molar-refractivity contribution in [3.8, 4) is 0 Å². The molecule has 0 aromatic heterocycles. The van der Waals surface area contributed by atoms with Crippen molar-refractivity contribution in [1.82, 2.24) is 0 Å². The van der Waals surface area contributed by atoms with Gasteiger partial charge in [-0.3, -0.25) is 4.79 Å². The summed E-state index contributed by atoms with van der Waals surface area (Å²) in [6.07, 6.45) is 2.26. The Bertz CT molecular complexity index is 247. The van der Waals surface area contributed by atoms with Gasteiger partial charge in [0, 0.05) is 0 Å². The molecule has 0 aliphatic heterocycles. The van der Waals surface area contributed by atoms with Crippen LogP contribution < -0.4 is 0 Å². The summed E-state index contributed by atoms with van der Waals surface area (Å²) >= 11 is 0. The average molecular weight is 214 g/mol. The van der Waals surface area contributed by atoms with Crippen LogP contribution >= 0.6 is 0 Å². The topological polar surface area (TPSA) is 46.5 Å². The van der Waals surface area contributed by atoms with Crippen LogP contribution in [0.2, 0.25) is 0 Å².